The summed E-state index contributed by atoms with van der Waals surface area (Å²) in [7, 11) is 0. The minimum absolute atomic E-state index is 0.515. The number of hydrogen-bond donors (Lipinski definition) is 1. The Morgan fingerprint density at radius 3 is 2.50 bits per heavy atom. The maximum absolute atomic E-state index is 3.66. The molecule has 1 aliphatic carbocycles. The highest BCUT2D eigenvalue weighted by Crippen LogP contribution is 2.37. The third kappa shape index (κ3) is 1.70. The first-order valence-electron chi connectivity index (χ1n) is 6.14. The Kier molecular flexibility index (Phi) is 2.85. The number of nitrogens with zero attached hydrogens (tertiary/aromatic N) is 1. The molecule has 1 aliphatic heterocycles. The van der Waals surface area contributed by atoms with Crippen LogP contribution in [0.25, 0.3) is 0 Å². The summed E-state index contributed by atoms with van der Waals surface area (Å²) in [4.78, 5) is 2.75. The molecule has 2 heteroatoms. The standard InChI is InChI=1S/C12H24N2/c1-10(2)14-8-11(3)13-9-12(14)6-4-5-7-12/h10-11,13H,4-9H2,1-3H3. The molecule has 82 valence electrons. The largest absolute Gasteiger partial charge is 0.311 e. The van der Waals surface area contributed by atoms with Crippen molar-refractivity contribution in [2.45, 2.75) is 64.1 Å². The fourth-order valence-electron chi connectivity index (χ4n) is 3.27. The molecule has 0 aromatic rings. The molecule has 2 nitrogen and oxygen atoms in total. The Morgan fingerprint density at radius 1 is 1.29 bits per heavy atom. The van der Waals surface area contributed by atoms with Crippen LogP contribution in [0.3, 0.4) is 0 Å². The highest BCUT2D eigenvalue weighted by molar-refractivity contribution is 5.02. The Hall–Kier alpha value is -0.0800. The van der Waals surface area contributed by atoms with Gasteiger partial charge in [0.2, 0.25) is 0 Å². The van der Waals surface area contributed by atoms with Gasteiger partial charge in [-0.2, -0.15) is 0 Å². The van der Waals surface area contributed by atoms with Crippen molar-refractivity contribution in [3.63, 3.8) is 0 Å². The van der Waals surface area contributed by atoms with E-state index in [9.17, 15) is 0 Å². The molecule has 0 aromatic heterocycles. The van der Waals surface area contributed by atoms with Crippen LogP contribution in [0.1, 0.15) is 46.5 Å². The van der Waals surface area contributed by atoms with Crippen LogP contribution in [0.4, 0.5) is 0 Å². The van der Waals surface area contributed by atoms with Crippen LogP contribution in [0.2, 0.25) is 0 Å². The summed E-state index contributed by atoms with van der Waals surface area (Å²) in [6.07, 6.45) is 5.67. The monoisotopic (exact) mass is 196 g/mol. The van der Waals surface area contributed by atoms with Crippen molar-refractivity contribution in [1.29, 1.82) is 0 Å². The lowest BCUT2D eigenvalue weighted by Crippen LogP contribution is -2.64. The molecule has 1 saturated heterocycles. The smallest absolute Gasteiger partial charge is 0.0337 e. The van der Waals surface area contributed by atoms with E-state index in [0.717, 1.165) is 0 Å². The predicted octanol–water partition coefficient (Wildman–Crippen LogP) is 2.00. The van der Waals surface area contributed by atoms with Gasteiger partial charge in [-0.05, 0) is 33.6 Å². The molecule has 2 rings (SSSR count). The van der Waals surface area contributed by atoms with Crippen molar-refractivity contribution in [2.24, 2.45) is 0 Å². The molecule has 1 spiro atoms. The van der Waals surface area contributed by atoms with Gasteiger partial charge in [0.05, 0.1) is 0 Å². The Bertz CT molecular complexity index is 194. The lowest BCUT2D eigenvalue weighted by Gasteiger charge is -2.50. The quantitative estimate of drug-likeness (QED) is 0.690. The van der Waals surface area contributed by atoms with Crippen molar-refractivity contribution in [3.05, 3.63) is 0 Å². The van der Waals surface area contributed by atoms with Gasteiger partial charge < -0.3 is 5.32 Å². The lowest BCUT2D eigenvalue weighted by atomic mass is 9.90. The van der Waals surface area contributed by atoms with Crippen LogP contribution in [-0.2, 0) is 0 Å². The van der Waals surface area contributed by atoms with Crippen molar-refractivity contribution in [1.82, 2.24) is 10.2 Å². The summed E-state index contributed by atoms with van der Waals surface area (Å²) in [6, 6.07) is 1.38. The van der Waals surface area contributed by atoms with E-state index in [1.54, 1.807) is 0 Å². The fraction of sp³-hybridized carbons (Fsp3) is 1.00. The molecule has 1 atom stereocenters. The molecular formula is C12H24N2. The van der Waals surface area contributed by atoms with E-state index in [1.165, 1.54) is 38.8 Å². The third-order valence-corrected chi connectivity index (χ3v) is 4.02. The van der Waals surface area contributed by atoms with Crippen molar-refractivity contribution in [2.75, 3.05) is 13.1 Å². The first-order valence-corrected chi connectivity index (χ1v) is 6.14. The van der Waals surface area contributed by atoms with Crippen LogP contribution in [0, 0.1) is 0 Å². The van der Waals surface area contributed by atoms with Gasteiger partial charge in [-0.15, -0.1) is 0 Å². The molecule has 1 heterocycles. The normalized spacial score (nSPS) is 33.0. The maximum atomic E-state index is 3.66. The first-order chi connectivity index (χ1) is 6.64. The zero-order valence-corrected chi connectivity index (χ0v) is 9.84. The van der Waals surface area contributed by atoms with Gasteiger partial charge in [0, 0.05) is 30.7 Å². The Labute approximate surface area is 88.1 Å². The minimum atomic E-state index is 0.515. The van der Waals surface area contributed by atoms with Crippen LogP contribution in [-0.4, -0.2) is 35.6 Å². The lowest BCUT2D eigenvalue weighted by molar-refractivity contribution is 0.0199. The molecule has 2 aliphatic rings. The highest BCUT2D eigenvalue weighted by Gasteiger charge is 2.43. The molecule has 0 aromatic carbocycles. The fourth-order valence-corrected chi connectivity index (χ4v) is 3.27. The molecule has 1 unspecified atom stereocenters. The van der Waals surface area contributed by atoms with Crippen LogP contribution in [0.15, 0.2) is 0 Å². The van der Waals surface area contributed by atoms with E-state index in [-0.39, 0.29) is 0 Å². The van der Waals surface area contributed by atoms with E-state index >= 15 is 0 Å². The van der Waals surface area contributed by atoms with E-state index in [4.69, 9.17) is 0 Å². The van der Waals surface area contributed by atoms with Gasteiger partial charge >= 0.3 is 0 Å². The first kappa shape index (κ1) is 10.4. The average molecular weight is 196 g/mol. The summed E-state index contributed by atoms with van der Waals surface area (Å²) < 4.78 is 0. The summed E-state index contributed by atoms with van der Waals surface area (Å²) in [5.74, 6) is 0. The number of rotatable bonds is 1. The van der Waals surface area contributed by atoms with E-state index in [2.05, 4.69) is 31.0 Å². The van der Waals surface area contributed by atoms with Gasteiger partial charge in [0.15, 0.2) is 0 Å². The minimum Gasteiger partial charge on any atom is -0.311 e. The number of nitrogens with one attached hydrogen (secondary N) is 1. The maximum Gasteiger partial charge on any atom is 0.0337 e. The molecule has 1 N–H and O–H groups in total. The molecule has 0 amide bonds. The zero-order chi connectivity index (χ0) is 10.2. The average Bonchev–Trinajstić information content (AvgIpc) is 2.59. The molecule has 0 bridgehead atoms. The third-order valence-electron chi connectivity index (χ3n) is 4.02. The Morgan fingerprint density at radius 2 is 1.93 bits per heavy atom. The molecule has 14 heavy (non-hydrogen) atoms. The Balaban J connectivity index is 2.13. The van der Waals surface area contributed by atoms with Gasteiger partial charge in [-0.1, -0.05) is 12.8 Å². The summed E-state index contributed by atoms with van der Waals surface area (Å²) in [6.45, 7) is 9.44. The van der Waals surface area contributed by atoms with Crippen LogP contribution in [0.5, 0.6) is 0 Å². The van der Waals surface area contributed by atoms with E-state index in [1.807, 2.05) is 0 Å². The van der Waals surface area contributed by atoms with Crippen molar-refractivity contribution >= 4 is 0 Å². The van der Waals surface area contributed by atoms with E-state index < -0.39 is 0 Å². The topological polar surface area (TPSA) is 15.3 Å². The predicted molar refractivity (Wildman–Crippen MR) is 60.5 cm³/mol. The summed E-state index contributed by atoms with van der Waals surface area (Å²) in [5, 5.41) is 3.66. The summed E-state index contributed by atoms with van der Waals surface area (Å²) >= 11 is 0. The molecular weight excluding hydrogens is 172 g/mol. The SMILES string of the molecule is CC1CN(C(C)C)C2(CCCC2)CN1. The number of hydrogen-bond acceptors (Lipinski definition) is 2. The number of piperazine rings is 1. The van der Waals surface area contributed by atoms with Gasteiger partial charge in [0.25, 0.3) is 0 Å². The molecule has 0 radical (unpaired) electrons. The second-order valence-corrected chi connectivity index (χ2v) is 5.46. The van der Waals surface area contributed by atoms with Gasteiger partial charge in [-0.3, -0.25) is 4.90 Å². The molecule has 1 saturated carbocycles. The summed E-state index contributed by atoms with van der Waals surface area (Å²) in [5.41, 5.74) is 0.515. The van der Waals surface area contributed by atoms with Crippen molar-refractivity contribution < 1.29 is 0 Å². The second kappa shape index (κ2) is 3.82. The van der Waals surface area contributed by atoms with Crippen LogP contribution >= 0.6 is 0 Å². The highest BCUT2D eigenvalue weighted by atomic mass is 15.3. The van der Waals surface area contributed by atoms with Crippen LogP contribution < -0.4 is 5.32 Å². The van der Waals surface area contributed by atoms with E-state index in [0.29, 0.717) is 17.6 Å². The van der Waals surface area contributed by atoms with Crippen molar-refractivity contribution in [3.8, 4) is 0 Å². The zero-order valence-electron chi connectivity index (χ0n) is 9.84. The van der Waals surface area contributed by atoms with Gasteiger partial charge in [0.1, 0.15) is 0 Å². The molecule has 2 fully saturated rings. The van der Waals surface area contributed by atoms with Gasteiger partial charge in [-0.25, -0.2) is 0 Å². The second-order valence-electron chi connectivity index (χ2n) is 5.46.